The topological polar surface area (TPSA) is 141 Å². The van der Waals surface area contributed by atoms with E-state index >= 15 is 0 Å². The summed E-state index contributed by atoms with van der Waals surface area (Å²) in [7, 11) is 0. The molecule has 10 nitrogen and oxygen atoms in total. The molecule has 0 aromatic carbocycles. The van der Waals surface area contributed by atoms with Crippen LogP contribution in [0.1, 0.15) is 10.5 Å². The highest BCUT2D eigenvalue weighted by atomic mass is 16.7. The minimum atomic E-state index is -1.58. The average Bonchev–Trinajstić information content (AvgIpc) is 2.47. The van der Waals surface area contributed by atoms with Gasteiger partial charge in [0.1, 0.15) is 0 Å². The molecule has 0 bridgehead atoms. The first-order valence-corrected chi connectivity index (χ1v) is 3.05. The van der Waals surface area contributed by atoms with Crippen molar-refractivity contribution in [1.29, 1.82) is 0 Å². The SMILES string of the molecule is O=C(O)c1cn([N+](=O)[O-])c([N+](=O)[O-])n1. The second-order valence-corrected chi connectivity index (χ2v) is 2.07. The number of carboxylic acids is 1. The van der Waals surface area contributed by atoms with E-state index in [-0.39, 0.29) is 4.68 Å². The Morgan fingerprint density at radius 2 is 2.07 bits per heavy atom. The fraction of sp³-hybridized carbons (Fsp3) is 0. The molecule has 14 heavy (non-hydrogen) atoms. The van der Waals surface area contributed by atoms with Crippen molar-refractivity contribution in [2.24, 2.45) is 0 Å². The van der Waals surface area contributed by atoms with Crippen LogP contribution < -0.4 is 0 Å². The molecule has 0 radical (unpaired) electrons. The highest BCUT2D eigenvalue weighted by Gasteiger charge is 2.30. The summed E-state index contributed by atoms with van der Waals surface area (Å²) in [6.07, 6.45) is 0.459. The van der Waals surface area contributed by atoms with Crippen LogP contribution in [0.25, 0.3) is 0 Å². The highest BCUT2D eigenvalue weighted by molar-refractivity contribution is 5.85. The van der Waals surface area contributed by atoms with Gasteiger partial charge in [-0.2, -0.15) is 0 Å². The fourth-order valence-corrected chi connectivity index (χ4v) is 0.709. The van der Waals surface area contributed by atoms with E-state index in [0.29, 0.717) is 6.20 Å². The molecule has 0 atom stereocenters. The summed E-state index contributed by atoms with van der Waals surface area (Å²) in [5.41, 5.74) is -0.756. The Bertz CT molecular complexity index is 390. The Morgan fingerprint density at radius 1 is 1.50 bits per heavy atom. The molecule has 1 heterocycles. The van der Waals surface area contributed by atoms with Crippen LogP contribution in [0.2, 0.25) is 0 Å². The summed E-state index contributed by atoms with van der Waals surface area (Å²) in [4.78, 5) is 32.5. The molecule has 0 aliphatic carbocycles. The Labute approximate surface area is 74.7 Å². The van der Waals surface area contributed by atoms with E-state index in [4.69, 9.17) is 5.11 Å². The van der Waals surface area contributed by atoms with Gasteiger partial charge in [-0.05, 0) is 4.92 Å². The van der Waals surface area contributed by atoms with Gasteiger partial charge >= 0.3 is 11.9 Å². The van der Waals surface area contributed by atoms with Crippen LogP contribution in [0.4, 0.5) is 5.95 Å². The van der Waals surface area contributed by atoms with Gasteiger partial charge in [-0.25, -0.2) is 14.9 Å². The van der Waals surface area contributed by atoms with Gasteiger partial charge in [0.15, 0.2) is 6.20 Å². The van der Waals surface area contributed by atoms with Gasteiger partial charge in [-0.15, -0.1) is 0 Å². The Morgan fingerprint density at radius 3 is 2.36 bits per heavy atom. The second-order valence-electron chi connectivity index (χ2n) is 2.07. The van der Waals surface area contributed by atoms with Crippen LogP contribution in [0.15, 0.2) is 6.20 Å². The van der Waals surface area contributed by atoms with E-state index in [0.717, 1.165) is 0 Å². The van der Waals surface area contributed by atoms with Gasteiger partial charge in [0.25, 0.3) is 5.69 Å². The first-order chi connectivity index (χ1) is 6.43. The number of hydrogen-bond donors (Lipinski definition) is 1. The first kappa shape index (κ1) is 9.57. The third-order valence-electron chi connectivity index (χ3n) is 1.23. The van der Waals surface area contributed by atoms with E-state index < -0.39 is 27.6 Å². The monoisotopic (exact) mass is 202 g/mol. The molecule has 0 amide bonds. The predicted molar refractivity (Wildman–Crippen MR) is 38.2 cm³/mol. The summed E-state index contributed by atoms with van der Waals surface area (Å²) in [5, 5.41) is 27.6. The van der Waals surface area contributed by atoms with E-state index in [1.165, 1.54) is 0 Å². The lowest BCUT2D eigenvalue weighted by Gasteiger charge is -1.88. The van der Waals surface area contributed by atoms with Crippen LogP contribution >= 0.6 is 0 Å². The normalized spacial score (nSPS) is 9.71. The van der Waals surface area contributed by atoms with Gasteiger partial charge < -0.3 is 15.2 Å². The number of rotatable bonds is 3. The van der Waals surface area contributed by atoms with E-state index in [2.05, 4.69) is 4.98 Å². The quantitative estimate of drug-likeness (QED) is 0.515. The standard InChI is InChI=1S/C4H2N4O6/c9-3(10)2-1-6(8(13)14)4(5-2)7(11)12/h1H,(H,9,10). The maximum Gasteiger partial charge on any atom is 0.497 e. The number of carboxylic acid groups (broad SMARTS) is 1. The Hall–Kier alpha value is -2.52. The van der Waals surface area contributed by atoms with Crippen LogP contribution in [0.5, 0.6) is 0 Å². The Kier molecular flexibility index (Phi) is 2.11. The van der Waals surface area contributed by atoms with Crippen molar-refractivity contribution in [2.75, 3.05) is 0 Å². The summed E-state index contributed by atoms with van der Waals surface area (Å²) < 4.78 is -0.0660. The molecule has 1 rings (SSSR count). The van der Waals surface area contributed by atoms with Crippen molar-refractivity contribution in [3.63, 3.8) is 0 Å². The van der Waals surface area contributed by atoms with E-state index in [9.17, 15) is 25.0 Å². The largest absolute Gasteiger partial charge is 0.497 e. The molecular formula is C4H2N4O6. The van der Waals surface area contributed by atoms with Crippen molar-refractivity contribution in [2.45, 2.75) is 0 Å². The van der Waals surface area contributed by atoms with Crippen LogP contribution in [0, 0.1) is 20.2 Å². The molecule has 0 saturated carbocycles. The zero-order valence-electron chi connectivity index (χ0n) is 6.35. The molecule has 0 aliphatic rings. The molecule has 10 heteroatoms. The second kappa shape index (κ2) is 3.08. The lowest BCUT2D eigenvalue weighted by molar-refractivity contribution is -0.560. The molecule has 0 saturated heterocycles. The maximum atomic E-state index is 10.3. The van der Waals surface area contributed by atoms with Crippen LogP contribution in [-0.4, -0.2) is 30.7 Å². The molecule has 0 spiro atoms. The molecule has 0 fully saturated rings. The summed E-state index contributed by atoms with van der Waals surface area (Å²) >= 11 is 0. The van der Waals surface area contributed by atoms with Gasteiger partial charge in [-0.1, -0.05) is 4.98 Å². The smallest absolute Gasteiger partial charge is 0.475 e. The third kappa shape index (κ3) is 1.48. The summed E-state index contributed by atoms with van der Waals surface area (Å²) in [6.45, 7) is 0. The highest BCUT2D eigenvalue weighted by Crippen LogP contribution is 2.10. The Balaban J connectivity index is 3.33. The van der Waals surface area contributed by atoms with Crippen LogP contribution in [-0.2, 0) is 0 Å². The van der Waals surface area contributed by atoms with Crippen LogP contribution in [0.3, 0.4) is 0 Å². The zero-order valence-corrected chi connectivity index (χ0v) is 6.35. The summed E-state index contributed by atoms with van der Waals surface area (Å²) in [5.74, 6) is -2.72. The number of nitrogens with zero attached hydrogens (tertiary/aromatic N) is 4. The van der Waals surface area contributed by atoms with Crippen molar-refractivity contribution >= 4 is 11.9 Å². The molecular weight excluding hydrogens is 200 g/mol. The number of carbonyl (C=O) groups is 1. The molecule has 0 unspecified atom stereocenters. The lowest BCUT2D eigenvalue weighted by atomic mass is 10.5. The minimum Gasteiger partial charge on any atom is -0.475 e. The zero-order chi connectivity index (χ0) is 10.9. The van der Waals surface area contributed by atoms with E-state index in [1.54, 1.807) is 0 Å². The lowest BCUT2D eigenvalue weighted by Crippen LogP contribution is -2.10. The molecule has 1 aromatic rings. The van der Waals surface area contributed by atoms with Crippen molar-refractivity contribution < 1.29 is 19.9 Å². The van der Waals surface area contributed by atoms with Gasteiger partial charge in [0.2, 0.25) is 5.03 Å². The van der Waals surface area contributed by atoms with Crippen molar-refractivity contribution in [1.82, 2.24) is 9.66 Å². The number of hydrogen-bond acceptors (Lipinski definition) is 6. The van der Waals surface area contributed by atoms with E-state index in [1.807, 2.05) is 0 Å². The number of aromatic nitrogens is 2. The summed E-state index contributed by atoms with van der Waals surface area (Å²) in [6, 6.07) is 0. The van der Waals surface area contributed by atoms with Gasteiger partial charge in [0, 0.05) is 0 Å². The average molecular weight is 202 g/mol. The van der Waals surface area contributed by atoms with Gasteiger partial charge in [-0.3, -0.25) is 0 Å². The first-order valence-electron chi connectivity index (χ1n) is 3.05. The number of aromatic carboxylic acids is 1. The van der Waals surface area contributed by atoms with Crippen molar-refractivity contribution in [3.8, 4) is 0 Å². The fourth-order valence-electron chi connectivity index (χ4n) is 0.709. The molecule has 74 valence electrons. The number of imidazole rings is 1. The predicted octanol–water partition coefficient (Wildman–Crippen LogP) is -0.471. The molecule has 1 aromatic heterocycles. The molecule has 0 aliphatic heterocycles. The number of nitro groups is 2. The minimum absolute atomic E-state index is 0.0660. The van der Waals surface area contributed by atoms with Crippen molar-refractivity contribution in [3.05, 3.63) is 32.1 Å². The maximum absolute atomic E-state index is 10.3. The third-order valence-corrected chi connectivity index (χ3v) is 1.23. The molecule has 1 N–H and O–H groups in total. The van der Waals surface area contributed by atoms with Gasteiger partial charge in [0.05, 0.1) is 4.68 Å².